The van der Waals surface area contributed by atoms with E-state index in [2.05, 4.69) is 43.6 Å². The van der Waals surface area contributed by atoms with E-state index in [1.54, 1.807) is 12.1 Å². The Morgan fingerprint density at radius 2 is 1.32 bits per heavy atom. The molecule has 6 nitrogen and oxygen atoms in total. The first kappa shape index (κ1) is 32.9. The molecule has 1 aliphatic heterocycles. The summed E-state index contributed by atoms with van der Waals surface area (Å²) >= 11 is 3.08. The third-order valence-electron chi connectivity index (χ3n) is 6.40. The number of nitrogens with two attached hydrogens (primary N) is 2. The molecule has 0 radical (unpaired) electrons. The maximum absolute atomic E-state index is 13.1. The van der Waals surface area contributed by atoms with Crippen LogP contribution in [0.2, 0.25) is 0 Å². The predicted molar refractivity (Wildman–Crippen MR) is 154 cm³/mol. The lowest BCUT2D eigenvalue weighted by molar-refractivity contribution is 0.00578. The Kier molecular flexibility index (Phi) is 11.7. The van der Waals surface area contributed by atoms with E-state index in [1.807, 2.05) is 39.8 Å². The molecule has 3 rings (SSSR count). The third-order valence-corrected chi connectivity index (χ3v) is 7.09. The minimum Gasteiger partial charge on any atom is -0.400 e. The van der Waals surface area contributed by atoms with Crippen LogP contribution in [0.3, 0.4) is 0 Å². The molecule has 0 amide bonds. The first-order valence-corrected chi connectivity index (χ1v) is 12.6. The summed E-state index contributed by atoms with van der Waals surface area (Å²) in [4.78, 5) is 0. The molecule has 4 N–H and O–H groups in total. The third kappa shape index (κ3) is 8.16. The van der Waals surface area contributed by atoms with Gasteiger partial charge in [-0.05, 0) is 107 Å². The maximum atomic E-state index is 13.1. The molecule has 38 heavy (non-hydrogen) atoms. The van der Waals surface area contributed by atoms with E-state index in [-0.39, 0.29) is 29.4 Å². The molecule has 0 saturated carbocycles. The van der Waals surface area contributed by atoms with Crippen LogP contribution < -0.4 is 11.5 Å². The Labute approximate surface area is 233 Å². The Bertz CT molecular complexity index is 1300. The first-order chi connectivity index (χ1) is 17.5. The van der Waals surface area contributed by atoms with E-state index in [0.29, 0.717) is 21.4 Å². The van der Waals surface area contributed by atoms with Gasteiger partial charge in [0.25, 0.3) is 0 Å². The van der Waals surface area contributed by atoms with Crippen LogP contribution in [0.15, 0.2) is 46.4 Å². The van der Waals surface area contributed by atoms with Crippen LogP contribution in [-0.4, -0.2) is 18.3 Å². The van der Waals surface area contributed by atoms with Gasteiger partial charge in [0, 0.05) is 21.4 Å². The topological polar surface area (TPSA) is 118 Å². The highest BCUT2D eigenvalue weighted by Gasteiger charge is 2.51. The summed E-state index contributed by atoms with van der Waals surface area (Å²) in [6.07, 6.45) is 3.90. The number of nitriles is 2. The molecule has 1 heterocycles. The molecule has 10 heteroatoms. The monoisotopic (exact) mass is 586 g/mol. The molecule has 2 aromatic carbocycles. The van der Waals surface area contributed by atoms with E-state index in [0.717, 1.165) is 17.1 Å². The van der Waals surface area contributed by atoms with Crippen molar-refractivity contribution in [3.05, 3.63) is 74.7 Å². The molecule has 0 bridgehead atoms. The standard InChI is InChI=1S/C11H11FN2.C10H19BO2.C7H4BrFN2/c1-3-7(2)9-4-8(6-13)10(12)5-11(9)14;1-7-8(2)11-12-9(3,4)10(5,6)13-11;8-5-1-4(3-10)6(9)2-7(5)11/h3-5H,14H2,1-2H3;7H,1-6H3;1-2H,11H2/b7-3+;8-7+;. The van der Waals surface area contributed by atoms with E-state index in [1.165, 1.54) is 18.2 Å². The van der Waals surface area contributed by atoms with Gasteiger partial charge in [-0.2, -0.15) is 10.5 Å². The van der Waals surface area contributed by atoms with E-state index < -0.39 is 11.6 Å². The van der Waals surface area contributed by atoms with E-state index in [4.69, 9.17) is 31.3 Å². The van der Waals surface area contributed by atoms with Crippen molar-refractivity contribution in [2.45, 2.75) is 66.6 Å². The van der Waals surface area contributed by atoms with Crippen LogP contribution in [0, 0.1) is 34.3 Å². The second-order valence-electron chi connectivity index (χ2n) is 9.59. The Hall–Kier alpha value is -3.18. The zero-order valence-corrected chi connectivity index (χ0v) is 24.6. The second-order valence-corrected chi connectivity index (χ2v) is 10.4. The van der Waals surface area contributed by atoms with Crippen molar-refractivity contribution in [3.63, 3.8) is 0 Å². The molecule has 202 valence electrons. The van der Waals surface area contributed by atoms with Gasteiger partial charge in [-0.25, -0.2) is 8.78 Å². The minimum atomic E-state index is -0.590. The highest BCUT2D eigenvalue weighted by Crippen LogP contribution is 2.38. The SMILES string of the molecule is C/C=C(\C)B1OC(C)(C)C(C)(C)O1.C/C=C(\C)c1cc(C#N)c(F)cc1N.N#Cc1cc(Br)c(N)cc1F. The number of nitrogen functional groups attached to an aromatic ring is 2. The van der Waals surface area contributed by atoms with Gasteiger partial charge in [0.05, 0.1) is 22.3 Å². The molecule has 2 aromatic rings. The summed E-state index contributed by atoms with van der Waals surface area (Å²) in [5, 5.41) is 17.0. The van der Waals surface area contributed by atoms with Crippen LogP contribution in [0.5, 0.6) is 0 Å². The average molecular weight is 587 g/mol. The number of allylic oxidation sites excluding steroid dienone is 4. The summed E-state index contributed by atoms with van der Waals surface area (Å²) in [6.45, 7) is 16.0. The van der Waals surface area contributed by atoms with E-state index in [9.17, 15) is 8.78 Å². The lowest BCUT2D eigenvalue weighted by atomic mass is 9.79. The molecular weight excluding hydrogens is 553 g/mol. The van der Waals surface area contributed by atoms with Crippen LogP contribution in [0.1, 0.15) is 72.1 Å². The number of hydrogen-bond donors (Lipinski definition) is 2. The van der Waals surface area contributed by atoms with Gasteiger partial charge in [-0.1, -0.05) is 12.2 Å². The largest absolute Gasteiger partial charge is 0.489 e. The van der Waals surface area contributed by atoms with Gasteiger partial charge in [-0.15, -0.1) is 0 Å². The summed E-state index contributed by atoms with van der Waals surface area (Å²) in [6, 6.07) is 8.61. The Morgan fingerprint density at radius 3 is 1.74 bits per heavy atom. The molecule has 0 spiro atoms. The summed E-state index contributed by atoms with van der Waals surface area (Å²) in [5.74, 6) is -1.16. The number of benzene rings is 2. The van der Waals surface area contributed by atoms with Gasteiger partial charge < -0.3 is 20.8 Å². The number of rotatable bonds is 2. The van der Waals surface area contributed by atoms with Crippen molar-refractivity contribution in [2.24, 2.45) is 0 Å². The molecular formula is C28H34BBrF2N4O2. The van der Waals surface area contributed by atoms with Crippen molar-refractivity contribution in [1.29, 1.82) is 10.5 Å². The van der Waals surface area contributed by atoms with Crippen molar-refractivity contribution in [1.82, 2.24) is 0 Å². The zero-order chi connectivity index (χ0) is 29.4. The van der Waals surface area contributed by atoms with Crippen molar-refractivity contribution < 1.29 is 18.1 Å². The van der Waals surface area contributed by atoms with Gasteiger partial charge in [0.1, 0.15) is 23.8 Å². The van der Waals surface area contributed by atoms with E-state index >= 15 is 0 Å². The Balaban J connectivity index is 0.000000287. The molecule has 1 saturated heterocycles. The number of hydrogen-bond acceptors (Lipinski definition) is 6. The molecule has 0 atom stereocenters. The van der Waals surface area contributed by atoms with Crippen LogP contribution >= 0.6 is 15.9 Å². The van der Waals surface area contributed by atoms with Crippen LogP contribution in [0.25, 0.3) is 5.57 Å². The molecule has 0 aromatic heterocycles. The summed E-state index contributed by atoms with van der Waals surface area (Å²) in [7, 11) is -0.171. The van der Waals surface area contributed by atoms with Crippen LogP contribution in [0.4, 0.5) is 20.2 Å². The summed E-state index contributed by atoms with van der Waals surface area (Å²) in [5.41, 5.74) is 14.0. The van der Waals surface area contributed by atoms with Crippen molar-refractivity contribution in [3.8, 4) is 12.1 Å². The highest BCUT2D eigenvalue weighted by molar-refractivity contribution is 9.10. The Morgan fingerprint density at radius 1 is 0.868 bits per heavy atom. The zero-order valence-electron chi connectivity index (χ0n) is 23.0. The molecule has 0 unspecified atom stereocenters. The van der Waals surface area contributed by atoms with Crippen LogP contribution in [-0.2, 0) is 9.31 Å². The van der Waals surface area contributed by atoms with Gasteiger partial charge >= 0.3 is 7.12 Å². The predicted octanol–water partition coefficient (Wildman–Crippen LogP) is 7.33. The highest BCUT2D eigenvalue weighted by atomic mass is 79.9. The lowest BCUT2D eigenvalue weighted by Gasteiger charge is -2.32. The fraction of sp³-hybridized carbons (Fsp3) is 0.357. The number of halogens is 3. The maximum Gasteiger partial charge on any atom is 0.489 e. The minimum absolute atomic E-state index is 0.00826. The average Bonchev–Trinajstić information content (AvgIpc) is 3.08. The normalized spacial score (nSPS) is 15.9. The van der Waals surface area contributed by atoms with Gasteiger partial charge in [0.2, 0.25) is 0 Å². The molecule has 0 aliphatic carbocycles. The van der Waals surface area contributed by atoms with Crippen molar-refractivity contribution in [2.75, 3.05) is 11.5 Å². The lowest BCUT2D eigenvalue weighted by Crippen LogP contribution is -2.41. The quantitative estimate of drug-likeness (QED) is 0.281. The summed E-state index contributed by atoms with van der Waals surface area (Å²) < 4.78 is 38.0. The fourth-order valence-electron chi connectivity index (χ4n) is 2.98. The second kappa shape index (κ2) is 13.6. The van der Waals surface area contributed by atoms with Gasteiger partial charge in [-0.3, -0.25) is 0 Å². The van der Waals surface area contributed by atoms with Gasteiger partial charge in [0.15, 0.2) is 0 Å². The first-order valence-electron chi connectivity index (χ1n) is 11.8. The smallest absolute Gasteiger partial charge is 0.400 e. The fourth-order valence-corrected chi connectivity index (χ4v) is 3.33. The molecule has 1 fully saturated rings. The van der Waals surface area contributed by atoms with Crippen molar-refractivity contribution >= 4 is 40.0 Å². The number of nitrogens with zero attached hydrogens (tertiary/aromatic N) is 2. The molecule has 1 aliphatic rings. The number of anilines is 2.